The summed E-state index contributed by atoms with van der Waals surface area (Å²) in [5.74, 6) is -0.634. The molecule has 0 radical (unpaired) electrons. The van der Waals surface area contributed by atoms with Crippen molar-refractivity contribution in [2.75, 3.05) is 37.6 Å². The van der Waals surface area contributed by atoms with E-state index >= 15 is 0 Å². The Morgan fingerprint density at radius 3 is 2.26 bits per heavy atom. The number of sulfonamides is 1. The maximum Gasteiger partial charge on any atom is 0.261 e. The number of benzene rings is 3. The molecule has 0 aliphatic carbocycles. The number of nitrogens with zero attached hydrogens (tertiary/aromatic N) is 1. The number of anilines is 1. The fourth-order valence-electron chi connectivity index (χ4n) is 3.43. The zero-order chi connectivity index (χ0) is 24.7. The van der Waals surface area contributed by atoms with Gasteiger partial charge in [0.1, 0.15) is 0 Å². The van der Waals surface area contributed by atoms with Crippen molar-refractivity contribution in [2.45, 2.75) is 14.7 Å². The van der Waals surface area contributed by atoms with E-state index in [1.165, 1.54) is 36.0 Å². The second-order valence-corrected chi connectivity index (χ2v) is 10.5. The van der Waals surface area contributed by atoms with Crippen molar-refractivity contribution >= 4 is 39.3 Å². The lowest BCUT2D eigenvalue weighted by Gasteiger charge is -2.26. The number of rotatable bonds is 8. The molecule has 4 rings (SSSR count). The summed E-state index contributed by atoms with van der Waals surface area (Å²) >= 11 is 1.46. The smallest absolute Gasteiger partial charge is 0.261 e. The molecular formula is C25H25N3O5S2. The van der Waals surface area contributed by atoms with Gasteiger partial charge in [0, 0.05) is 28.4 Å². The molecule has 182 valence electrons. The lowest BCUT2D eigenvalue weighted by atomic mass is 10.2. The van der Waals surface area contributed by atoms with E-state index in [9.17, 15) is 18.0 Å². The topological polar surface area (TPSA) is 105 Å². The van der Waals surface area contributed by atoms with Crippen LogP contribution in [0.4, 0.5) is 5.69 Å². The molecule has 0 atom stereocenters. The maximum absolute atomic E-state index is 13.0. The third-order valence-electron chi connectivity index (χ3n) is 5.29. The van der Waals surface area contributed by atoms with E-state index in [0.29, 0.717) is 32.0 Å². The van der Waals surface area contributed by atoms with Crippen molar-refractivity contribution in [3.05, 3.63) is 84.4 Å². The average Bonchev–Trinajstić information content (AvgIpc) is 2.89. The first-order valence-electron chi connectivity index (χ1n) is 11.0. The molecule has 10 heteroatoms. The van der Waals surface area contributed by atoms with Gasteiger partial charge < -0.3 is 15.0 Å². The van der Waals surface area contributed by atoms with Gasteiger partial charge >= 0.3 is 0 Å². The number of para-hydroxylation sites is 1. The lowest BCUT2D eigenvalue weighted by molar-refractivity contribution is -0.134. The van der Waals surface area contributed by atoms with E-state index in [2.05, 4.69) is 10.0 Å². The zero-order valence-electron chi connectivity index (χ0n) is 18.8. The number of carbonyl (C=O) groups is 2. The van der Waals surface area contributed by atoms with Gasteiger partial charge in [-0.2, -0.15) is 0 Å². The SMILES string of the molecule is O=C(NCC(=O)N1CCOCC1)c1ccc(S(=O)(=O)Nc2ccccc2Sc2ccccc2)cc1. The first-order valence-corrected chi connectivity index (χ1v) is 13.3. The van der Waals surface area contributed by atoms with Crippen molar-refractivity contribution in [3.63, 3.8) is 0 Å². The van der Waals surface area contributed by atoms with E-state index < -0.39 is 15.9 Å². The van der Waals surface area contributed by atoms with Crippen molar-refractivity contribution in [2.24, 2.45) is 0 Å². The Bertz CT molecular complexity index is 1280. The molecular weight excluding hydrogens is 486 g/mol. The number of hydrogen-bond acceptors (Lipinski definition) is 6. The Balaban J connectivity index is 1.40. The molecule has 0 unspecified atom stereocenters. The average molecular weight is 512 g/mol. The fraction of sp³-hybridized carbons (Fsp3) is 0.200. The van der Waals surface area contributed by atoms with Gasteiger partial charge in [-0.3, -0.25) is 14.3 Å². The minimum Gasteiger partial charge on any atom is -0.378 e. The molecule has 1 aliphatic rings. The van der Waals surface area contributed by atoms with Crippen LogP contribution in [0.15, 0.2) is 93.5 Å². The van der Waals surface area contributed by atoms with E-state index in [1.54, 1.807) is 17.0 Å². The van der Waals surface area contributed by atoms with Crippen LogP contribution in [0.3, 0.4) is 0 Å². The van der Waals surface area contributed by atoms with Crippen LogP contribution in [-0.2, 0) is 19.6 Å². The number of ether oxygens (including phenoxy) is 1. The van der Waals surface area contributed by atoms with Crippen LogP contribution in [0, 0.1) is 0 Å². The van der Waals surface area contributed by atoms with Crippen LogP contribution in [0.25, 0.3) is 0 Å². The Kier molecular flexibility index (Phi) is 8.06. The molecule has 1 heterocycles. The van der Waals surface area contributed by atoms with Gasteiger partial charge in [0.05, 0.1) is 30.3 Å². The number of amides is 2. The van der Waals surface area contributed by atoms with Crippen molar-refractivity contribution < 1.29 is 22.7 Å². The van der Waals surface area contributed by atoms with Gasteiger partial charge in [-0.1, -0.05) is 42.1 Å². The molecule has 8 nitrogen and oxygen atoms in total. The summed E-state index contributed by atoms with van der Waals surface area (Å²) in [5.41, 5.74) is 0.726. The predicted octanol–water partition coefficient (Wildman–Crippen LogP) is 3.23. The standard InChI is InChI=1S/C25H25N3O5S2/c29-24(28-14-16-33-17-15-28)18-26-25(30)19-10-12-21(13-11-19)35(31,32)27-22-8-4-5-9-23(22)34-20-6-2-1-3-7-20/h1-13,27H,14-18H2,(H,26,30). The second-order valence-electron chi connectivity index (χ2n) is 7.72. The number of nitrogens with one attached hydrogen (secondary N) is 2. The number of carbonyl (C=O) groups excluding carboxylic acids is 2. The number of hydrogen-bond donors (Lipinski definition) is 2. The highest BCUT2D eigenvalue weighted by Gasteiger charge is 2.19. The van der Waals surface area contributed by atoms with Crippen LogP contribution in [0.2, 0.25) is 0 Å². The highest BCUT2D eigenvalue weighted by molar-refractivity contribution is 7.99. The van der Waals surface area contributed by atoms with Gasteiger partial charge in [0.2, 0.25) is 5.91 Å². The Labute approximate surface area is 208 Å². The summed E-state index contributed by atoms with van der Waals surface area (Å²) in [6.45, 7) is 1.84. The lowest BCUT2D eigenvalue weighted by Crippen LogP contribution is -2.45. The van der Waals surface area contributed by atoms with Crippen LogP contribution >= 0.6 is 11.8 Å². The van der Waals surface area contributed by atoms with Gasteiger partial charge in [-0.15, -0.1) is 0 Å². The normalized spacial score (nSPS) is 13.8. The van der Waals surface area contributed by atoms with Gasteiger partial charge in [-0.05, 0) is 48.5 Å². The minimum absolute atomic E-state index is 0.0259. The minimum atomic E-state index is -3.88. The summed E-state index contributed by atoms with van der Waals surface area (Å²) in [5, 5.41) is 2.59. The molecule has 2 N–H and O–H groups in total. The molecule has 1 fully saturated rings. The van der Waals surface area contributed by atoms with Crippen LogP contribution < -0.4 is 10.0 Å². The summed E-state index contributed by atoms with van der Waals surface area (Å²) in [6.07, 6.45) is 0. The molecule has 0 saturated carbocycles. The molecule has 1 saturated heterocycles. The molecule has 3 aromatic carbocycles. The zero-order valence-corrected chi connectivity index (χ0v) is 20.5. The quantitative estimate of drug-likeness (QED) is 0.481. The van der Waals surface area contributed by atoms with E-state index in [1.807, 2.05) is 42.5 Å². The Hall–Kier alpha value is -3.34. The third kappa shape index (κ3) is 6.62. The van der Waals surface area contributed by atoms with Crippen LogP contribution in [0.5, 0.6) is 0 Å². The highest BCUT2D eigenvalue weighted by Crippen LogP contribution is 2.34. The predicted molar refractivity (Wildman–Crippen MR) is 134 cm³/mol. The summed E-state index contributed by atoms with van der Waals surface area (Å²) in [6, 6.07) is 22.4. The molecule has 3 aromatic rings. The highest BCUT2D eigenvalue weighted by atomic mass is 32.2. The van der Waals surface area contributed by atoms with Crippen LogP contribution in [-0.4, -0.2) is 58.0 Å². The van der Waals surface area contributed by atoms with Crippen molar-refractivity contribution in [1.82, 2.24) is 10.2 Å². The van der Waals surface area contributed by atoms with Gasteiger partial charge in [0.15, 0.2) is 0 Å². The summed E-state index contributed by atoms with van der Waals surface area (Å²) < 4.78 is 33.8. The molecule has 1 aliphatic heterocycles. The fourth-order valence-corrected chi connectivity index (χ4v) is 5.49. The van der Waals surface area contributed by atoms with E-state index in [4.69, 9.17) is 4.74 Å². The Morgan fingerprint density at radius 1 is 0.886 bits per heavy atom. The van der Waals surface area contributed by atoms with Gasteiger partial charge in [-0.25, -0.2) is 8.42 Å². The maximum atomic E-state index is 13.0. The first kappa shape index (κ1) is 24.8. The van der Waals surface area contributed by atoms with Crippen LogP contribution in [0.1, 0.15) is 10.4 Å². The summed E-state index contributed by atoms with van der Waals surface area (Å²) in [7, 11) is -3.88. The molecule has 2 amide bonds. The Morgan fingerprint density at radius 2 is 1.54 bits per heavy atom. The summed E-state index contributed by atoms with van der Waals surface area (Å²) in [4.78, 5) is 28.0. The van der Waals surface area contributed by atoms with Gasteiger partial charge in [0.25, 0.3) is 15.9 Å². The van der Waals surface area contributed by atoms with E-state index in [0.717, 1.165) is 9.79 Å². The van der Waals surface area contributed by atoms with E-state index in [-0.39, 0.29) is 22.9 Å². The third-order valence-corrected chi connectivity index (χ3v) is 7.76. The largest absolute Gasteiger partial charge is 0.378 e. The molecule has 35 heavy (non-hydrogen) atoms. The molecule has 0 bridgehead atoms. The van der Waals surface area contributed by atoms with Crippen molar-refractivity contribution in [1.29, 1.82) is 0 Å². The monoisotopic (exact) mass is 511 g/mol. The first-order chi connectivity index (χ1) is 16.9. The number of morpholine rings is 1. The molecule has 0 aromatic heterocycles. The second kappa shape index (κ2) is 11.4. The van der Waals surface area contributed by atoms with Crippen molar-refractivity contribution in [3.8, 4) is 0 Å². The molecule has 0 spiro atoms.